The third-order valence-electron chi connectivity index (χ3n) is 6.32. The zero-order valence-corrected chi connectivity index (χ0v) is 22.7. The van der Waals surface area contributed by atoms with Crippen LogP contribution in [0.5, 0.6) is 5.75 Å². The van der Waals surface area contributed by atoms with E-state index in [0.29, 0.717) is 6.42 Å². The van der Waals surface area contributed by atoms with Crippen LogP contribution >= 0.6 is 23.4 Å². The smallest absolute Gasteiger partial charge is 0.416 e. The maximum absolute atomic E-state index is 13.5. The third-order valence-corrected chi connectivity index (χ3v) is 7.78. The maximum Gasteiger partial charge on any atom is 0.416 e. The predicted molar refractivity (Wildman–Crippen MR) is 150 cm³/mol. The summed E-state index contributed by atoms with van der Waals surface area (Å²) in [5.74, 6) is -0.0860. The van der Waals surface area contributed by atoms with Crippen molar-refractivity contribution in [3.8, 4) is 16.9 Å². The fraction of sp³-hybridized carbons (Fsp3) is 0.276. The van der Waals surface area contributed by atoms with Crippen molar-refractivity contribution in [3.05, 3.63) is 93.2 Å². The van der Waals surface area contributed by atoms with E-state index in [9.17, 15) is 28.2 Å². The molecular formula is C29H28ClF3N2O3S. The van der Waals surface area contributed by atoms with Gasteiger partial charge in [-0.25, -0.2) is 0 Å². The second kappa shape index (κ2) is 12.5. The van der Waals surface area contributed by atoms with E-state index in [0.717, 1.165) is 43.4 Å². The first kappa shape index (κ1) is 29.0. The number of rotatable bonds is 10. The zero-order chi connectivity index (χ0) is 28.2. The van der Waals surface area contributed by atoms with Crippen molar-refractivity contribution in [1.29, 1.82) is 0 Å². The molecule has 1 aromatic heterocycles. The van der Waals surface area contributed by atoms with Gasteiger partial charge >= 0.3 is 6.18 Å². The van der Waals surface area contributed by atoms with Crippen LogP contribution in [0.3, 0.4) is 0 Å². The summed E-state index contributed by atoms with van der Waals surface area (Å²) in [5, 5.41) is 21.6. The summed E-state index contributed by atoms with van der Waals surface area (Å²) in [6.07, 6.45) is -4.16. The van der Waals surface area contributed by atoms with Gasteiger partial charge in [0.05, 0.1) is 16.6 Å². The van der Waals surface area contributed by atoms with Crippen LogP contribution < -0.4 is 5.56 Å². The number of aliphatic hydroxyl groups excluding tert-OH is 1. The molecule has 10 heteroatoms. The molecule has 0 spiro atoms. The molecule has 0 bridgehead atoms. The lowest BCUT2D eigenvalue weighted by atomic mass is 9.98. The Morgan fingerprint density at radius 3 is 2.54 bits per heavy atom. The number of aromatic amines is 1. The number of phenolic OH excluding ortho intramolecular Hbond substituents is 1. The number of pyridine rings is 1. The molecule has 3 aromatic carbocycles. The molecule has 0 amide bonds. The van der Waals surface area contributed by atoms with E-state index in [1.807, 2.05) is 25.2 Å². The summed E-state index contributed by atoms with van der Waals surface area (Å²) in [5.41, 5.74) is 0.236. The molecule has 0 aliphatic heterocycles. The summed E-state index contributed by atoms with van der Waals surface area (Å²) in [7, 11) is 2.00. The van der Waals surface area contributed by atoms with Gasteiger partial charge < -0.3 is 20.1 Å². The number of hydrogen-bond acceptors (Lipinski definition) is 5. The highest BCUT2D eigenvalue weighted by molar-refractivity contribution is 7.99. The number of fused-ring (bicyclic) bond motifs is 1. The Labute approximate surface area is 233 Å². The number of alkyl halides is 3. The molecule has 3 N–H and O–H groups in total. The van der Waals surface area contributed by atoms with E-state index in [1.165, 1.54) is 29.8 Å². The SMILES string of the molecule is CN(CCCC(O)CSc1c(-c2cc(Cl)ccc2O)c2cc(C(F)(F)F)ccc2[nH]c1=O)Cc1ccccc1. The Morgan fingerprint density at radius 2 is 1.82 bits per heavy atom. The second-order valence-corrected chi connectivity index (χ2v) is 10.9. The van der Waals surface area contributed by atoms with E-state index in [2.05, 4.69) is 22.0 Å². The minimum atomic E-state index is -4.60. The highest BCUT2D eigenvalue weighted by Crippen LogP contribution is 2.42. The van der Waals surface area contributed by atoms with Crippen LogP contribution in [0.4, 0.5) is 13.2 Å². The largest absolute Gasteiger partial charge is 0.507 e. The molecule has 1 heterocycles. The topological polar surface area (TPSA) is 76.6 Å². The monoisotopic (exact) mass is 576 g/mol. The number of aromatic hydroxyl groups is 1. The number of H-pyrrole nitrogens is 1. The summed E-state index contributed by atoms with van der Waals surface area (Å²) < 4.78 is 40.6. The van der Waals surface area contributed by atoms with Crippen molar-refractivity contribution in [2.24, 2.45) is 0 Å². The number of halogens is 4. The van der Waals surface area contributed by atoms with Crippen LogP contribution in [-0.4, -0.2) is 45.5 Å². The molecule has 39 heavy (non-hydrogen) atoms. The van der Waals surface area contributed by atoms with E-state index >= 15 is 0 Å². The van der Waals surface area contributed by atoms with Crippen LogP contribution in [0.15, 0.2) is 76.4 Å². The minimum absolute atomic E-state index is 0.0969. The number of thioether (sulfide) groups is 1. The Kier molecular flexibility index (Phi) is 9.27. The van der Waals surface area contributed by atoms with Crippen molar-refractivity contribution < 1.29 is 23.4 Å². The van der Waals surface area contributed by atoms with Gasteiger partial charge in [0.1, 0.15) is 5.75 Å². The van der Waals surface area contributed by atoms with Gasteiger partial charge in [0.15, 0.2) is 0 Å². The van der Waals surface area contributed by atoms with Crippen molar-refractivity contribution in [2.45, 2.75) is 36.6 Å². The van der Waals surface area contributed by atoms with Gasteiger partial charge in [0.2, 0.25) is 0 Å². The summed E-state index contributed by atoms with van der Waals surface area (Å²) in [6.45, 7) is 1.54. The second-order valence-electron chi connectivity index (χ2n) is 9.41. The fourth-order valence-electron chi connectivity index (χ4n) is 4.40. The normalized spacial score (nSPS) is 12.8. The summed E-state index contributed by atoms with van der Waals surface area (Å²) in [4.78, 5) is 18.0. The van der Waals surface area contributed by atoms with Crippen molar-refractivity contribution in [3.63, 3.8) is 0 Å². The van der Waals surface area contributed by atoms with Crippen molar-refractivity contribution in [2.75, 3.05) is 19.3 Å². The predicted octanol–water partition coefficient (Wildman–Crippen LogP) is 6.94. The van der Waals surface area contributed by atoms with Crippen molar-refractivity contribution >= 4 is 34.3 Å². The molecular weight excluding hydrogens is 549 g/mol. The molecule has 5 nitrogen and oxygen atoms in total. The average Bonchev–Trinajstić information content (AvgIpc) is 2.88. The first-order valence-corrected chi connectivity index (χ1v) is 13.7. The van der Waals surface area contributed by atoms with Gasteiger partial charge in [-0.05, 0) is 68.4 Å². The van der Waals surface area contributed by atoms with Crippen LogP contribution in [0.1, 0.15) is 24.0 Å². The highest BCUT2D eigenvalue weighted by atomic mass is 35.5. The third kappa shape index (κ3) is 7.36. The number of hydrogen-bond donors (Lipinski definition) is 3. The number of aliphatic hydroxyl groups is 1. The minimum Gasteiger partial charge on any atom is -0.507 e. The quantitative estimate of drug-likeness (QED) is 0.178. The zero-order valence-electron chi connectivity index (χ0n) is 21.1. The first-order valence-electron chi connectivity index (χ1n) is 12.3. The van der Waals surface area contributed by atoms with Gasteiger partial charge in [-0.15, -0.1) is 11.8 Å². The molecule has 0 radical (unpaired) electrons. The van der Waals surface area contributed by atoms with Gasteiger partial charge in [0.25, 0.3) is 5.56 Å². The number of aromatic nitrogens is 1. The summed E-state index contributed by atoms with van der Waals surface area (Å²) >= 11 is 7.19. The molecule has 0 saturated heterocycles. The lowest BCUT2D eigenvalue weighted by molar-refractivity contribution is -0.137. The molecule has 4 rings (SSSR count). The van der Waals surface area contributed by atoms with Gasteiger partial charge in [-0.1, -0.05) is 41.9 Å². The Morgan fingerprint density at radius 1 is 1.08 bits per heavy atom. The number of nitrogens with zero attached hydrogens (tertiary/aromatic N) is 1. The highest BCUT2D eigenvalue weighted by Gasteiger charge is 2.31. The van der Waals surface area contributed by atoms with Crippen LogP contribution in [0, 0.1) is 0 Å². The number of phenols is 1. The van der Waals surface area contributed by atoms with E-state index < -0.39 is 23.4 Å². The Balaban J connectivity index is 1.57. The molecule has 0 aliphatic rings. The average molecular weight is 577 g/mol. The fourth-order valence-corrected chi connectivity index (χ4v) is 5.64. The Bertz CT molecular complexity index is 1500. The van der Waals surface area contributed by atoms with Crippen molar-refractivity contribution in [1.82, 2.24) is 9.88 Å². The molecule has 4 aromatic rings. The van der Waals surface area contributed by atoms with E-state index in [-0.39, 0.29) is 43.5 Å². The maximum atomic E-state index is 13.5. The molecule has 206 valence electrons. The van der Waals surface area contributed by atoms with Gasteiger partial charge in [-0.2, -0.15) is 13.2 Å². The molecule has 0 aliphatic carbocycles. The van der Waals surface area contributed by atoms with E-state index in [4.69, 9.17) is 11.6 Å². The van der Waals surface area contributed by atoms with Crippen LogP contribution in [0.25, 0.3) is 22.0 Å². The summed E-state index contributed by atoms with van der Waals surface area (Å²) in [6, 6.07) is 17.3. The standard InChI is InChI=1S/C29H28ClF3N2O3S/c1-35(16-18-6-3-2-4-7-18)13-5-8-21(36)17-39-27-26(23-15-20(30)10-12-25(23)37)22-14-19(29(31,32)33)9-11-24(22)34-28(27)38/h2-4,6-7,9-12,14-15,21,36-37H,5,8,13,16-17H2,1H3,(H,34,38). The molecule has 1 atom stereocenters. The van der Waals surface area contributed by atoms with Gasteiger partial charge in [-0.3, -0.25) is 4.79 Å². The van der Waals surface area contributed by atoms with Crippen LogP contribution in [0.2, 0.25) is 5.02 Å². The Hall–Kier alpha value is -2.98. The molecule has 0 saturated carbocycles. The molecule has 1 unspecified atom stereocenters. The van der Waals surface area contributed by atoms with Gasteiger partial charge in [0, 0.05) is 39.4 Å². The molecule has 0 fully saturated rings. The van der Waals surface area contributed by atoms with E-state index in [1.54, 1.807) is 0 Å². The first-order chi connectivity index (χ1) is 18.5. The lowest BCUT2D eigenvalue weighted by Crippen LogP contribution is -2.21. The van der Waals surface area contributed by atoms with Crippen LogP contribution in [-0.2, 0) is 12.7 Å². The number of nitrogens with one attached hydrogen (secondary N) is 1. The lowest BCUT2D eigenvalue weighted by Gasteiger charge is -2.19. The number of benzene rings is 3.